The van der Waals surface area contributed by atoms with Gasteiger partial charge >= 0.3 is 5.97 Å². The number of hydrogen-bond donors (Lipinski definition) is 2. The Bertz CT molecular complexity index is 1010. The SMILES string of the molecule is COc1c(C#N)cc(CC(OC(C)C)C(=O)O)cc1CNC(=O)c1ccc(C)cc1F. The first-order valence-electron chi connectivity index (χ1n) is 9.68. The highest BCUT2D eigenvalue weighted by Crippen LogP contribution is 2.27. The van der Waals surface area contributed by atoms with Gasteiger partial charge in [0, 0.05) is 18.5 Å². The molecule has 2 aromatic rings. The molecule has 1 amide bonds. The summed E-state index contributed by atoms with van der Waals surface area (Å²) in [7, 11) is 1.39. The van der Waals surface area contributed by atoms with Gasteiger partial charge in [0.1, 0.15) is 17.6 Å². The van der Waals surface area contributed by atoms with E-state index in [1.807, 2.05) is 6.07 Å². The molecular weight excluding hydrogens is 403 g/mol. The molecule has 0 saturated carbocycles. The van der Waals surface area contributed by atoms with Crippen LogP contribution in [0.4, 0.5) is 4.39 Å². The fourth-order valence-electron chi connectivity index (χ4n) is 3.14. The number of methoxy groups -OCH3 is 1. The number of carbonyl (C=O) groups is 2. The van der Waals surface area contributed by atoms with E-state index in [-0.39, 0.29) is 35.9 Å². The quantitative estimate of drug-likeness (QED) is 0.634. The van der Waals surface area contributed by atoms with Crippen LogP contribution in [-0.4, -0.2) is 36.3 Å². The van der Waals surface area contributed by atoms with E-state index in [4.69, 9.17) is 9.47 Å². The predicted molar refractivity (Wildman–Crippen MR) is 111 cm³/mol. The molecule has 1 atom stereocenters. The fraction of sp³-hybridized carbons (Fsp3) is 0.348. The number of halogens is 1. The van der Waals surface area contributed by atoms with Gasteiger partial charge in [-0.15, -0.1) is 0 Å². The van der Waals surface area contributed by atoms with Crippen molar-refractivity contribution < 1.29 is 28.6 Å². The molecule has 8 heteroatoms. The van der Waals surface area contributed by atoms with Crippen LogP contribution in [0.25, 0.3) is 0 Å². The van der Waals surface area contributed by atoms with Crippen molar-refractivity contribution in [3.05, 3.63) is 64.0 Å². The maximum absolute atomic E-state index is 14.1. The molecule has 2 N–H and O–H groups in total. The van der Waals surface area contributed by atoms with Gasteiger partial charge in [-0.2, -0.15) is 5.26 Å². The number of carboxylic acids is 1. The van der Waals surface area contributed by atoms with Gasteiger partial charge in [-0.3, -0.25) is 4.79 Å². The van der Waals surface area contributed by atoms with E-state index in [9.17, 15) is 24.3 Å². The number of carboxylic acid groups (broad SMARTS) is 1. The highest BCUT2D eigenvalue weighted by molar-refractivity contribution is 5.94. The summed E-state index contributed by atoms with van der Waals surface area (Å²) in [6.45, 7) is 5.14. The summed E-state index contributed by atoms with van der Waals surface area (Å²) < 4.78 is 24.8. The third-order valence-corrected chi connectivity index (χ3v) is 4.49. The second-order valence-electron chi connectivity index (χ2n) is 7.33. The molecule has 0 heterocycles. The zero-order valence-corrected chi connectivity index (χ0v) is 17.9. The second kappa shape index (κ2) is 10.5. The lowest BCUT2D eigenvalue weighted by molar-refractivity contribution is -0.153. The van der Waals surface area contributed by atoms with E-state index in [0.29, 0.717) is 16.7 Å². The summed E-state index contributed by atoms with van der Waals surface area (Å²) in [5.41, 5.74) is 1.79. The molecule has 164 valence electrons. The van der Waals surface area contributed by atoms with Crippen LogP contribution < -0.4 is 10.1 Å². The van der Waals surface area contributed by atoms with E-state index in [1.54, 1.807) is 32.9 Å². The Morgan fingerprint density at radius 3 is 2.52 bits per heavy atom. The number of nitriles is 1. The van der Waals surface area contributed by atoms with Crippen molar-refractivity contribution in [1.29, 1.82) is 5.26 Å². The van der Waals surface area contributed by atoms with Crippen LogP contribution in [0.2, 0.25) is 0 Å². The largest absolute Gasteiger partial charge is 0.495 e. The lowest BCUT2D eigenvalue weighted by Crippen LogP contribution is -2.29. The molecule has 0 aliphatic rings. The third kappa shape index (κ3) is 6.27. The number of hydrogen-bond acceptors (Lipinski definition) is 5. The minimum atomic E-state index is -1.12. The van der Waals surface area contributed by atoms with Gasteiger partial charge in [0.15, 0.2) is 6.10 Å². The Balaban J connectivity index is 2.30. The number of rotatable bonds is 9. The molecule has 0 aromatic heterocycles. The molecular formula is C23H25FN2O5. The summed E-state index contributed by atoms with van der Waals surface area (Å²) in [6.07, 6.45) is -1.36. The Hall–Kier alpha value is -3.44. The Kier molecular flexibility index (Phi) is 8.11. The van der Waals surface area contributed by atoms with Crippen molar-refractivity contribution in [2.24, 2.45) is 0 Å². The van der Waals surface area contributed by atoms with Crippen molar-refractivity contribution >= 4 is 11.9 Å². The average Bonchev–Trinajstić information content (AvgIpc) is 2.70. The number of carbonyl (C=O) groups excluding carboxylic acids is 1. The molecule has 0 radical (unpaired) electrons. The smallest absolute Gasteiger partial charge is 0.333 e. The lowest BCUT2D eigenvalue weighted by Gasteiger charge is -2.18. The van der Waals surface area contributed by atoms with Gasteiger partial charge in [0.25, 0.3) is 5.91 Å². The topological polar surface area (TPSA) is 109 Å². The summed E-state index contributed by atoms with van der Waals surface area (Å²) in [5.74, 6) is -2.11. The Morgan fingerprint density at radius 2 is 1.97 bits per heavy atom. The highest BCUT2D eigenvalue weighted by atomic mass is 19.1. The number of amides is 1. The normalized spacial score (nSPS) is 11.6. The van der Waals surface area contributed by atoms with Crippen LogP contribution in [0.3, 0.4) is 0 Å². The van der Waals surface area contributed by atoms with E-state index >= 15 is 0 Å². The summed E-state index contributed by atoms with van der Waals surface area (Å²) in [4.78, 5) is 23.9. The van der Waals surface area contributed by atoms with Crippen molar-refractivity contribution in [2.45, 2.75) is 45.9 Å². The first-order chi connectivity index (χ1) is 14.7. The van der Waals surface area contributed by atoms with E-state index < -0.39 is 23.8 Å². The van der Waals surface area contributed by atoms with Crippen molar-refractivity contribution in [3.8, 4) is 11.8 Å². The zero-order valence-electron chi connectivity index (χ0n) is 17.9. The number of nitrogens with one attached hydrogen (secondary N) is 1. The molecule has 0 aliphatic heterocycles. The number of aliphatic carboxylic acids is 1. The number of aryl methyl sites for hydroxylation is 1. The monoisotopic (exact) mass is 428 g/mol. The van der Waals surface area contributed by atoms with Crippen LogP contribution in [0.15, 0.2) is 30.3 Å². The van der Waals surface area contributed by atoms with Gasteiger partial charge < -0.3 is 19.9 Å². The van der Waals surface area contributed by atoms with Gasteiger partial charge in [0.05, 0.1) is 24.3 Å². The van der Waals surface area contributed by atoms with Crippen molar-refractivity contribution in [2.75, 3.05) is 7.11 Å². The van der Waals surface area contributed by atoms with Gasteiger partial charge in [0.2, 0.25) is 0 Å². The average molecular weight is 428 g/mol. The van der Waals surface area contributed by atoms with Crippen LogP contribution in [0.5, 0.6) is 5.75 Å². The minimum Gasteiger partial charge on any atom is -0.495 e. The molecule has 0 aliphatic carbocycles. The Labute approximate surface area is 180 Å². The lowest BCUT2D eigenvalue weighted by atomic mass is 9.99. The van der Waals surface area contributed by atoms with Crippen LogP contribution in [0, 0.1) is 24.1 Å². The molecule has 1 unspecified atom stereocenters. The standard InChI is InChI=1S/C23H25FN2O5/c1-13(2)31-20(23(28)29)10-15-8-16(11-25)21(30-4)17(9-15)12-26-22(27)18-6-5-14(3)7-19(18)24/h5-9,13,20H,10,12H2,1-4H3,(H,26,27)(H,28,29). The van der Waals surface area contributed by atoms with E-state index in [0.717, 1.165) is 0 Å². The van der Waals surface area contributed by atoms with E-state index in [2.05, 4.69) is 5.32 Å². The number of nitrogens with zero attached hydrogens (tertiary/aromatic N) is 1. The highest BCUT2D eigenvalue weighted by Gasteiger charge is 2.22. The van der Waals surface area contributed by atoms with Crippen LogP contribution >= 0.6 is 0 Å². The molecule has 0 saturated heterocycles. The maximum atomic E-state index is 14.1. The Morgan fingerprint density at radius 1 is 1.26 bits per heavy atom. The third-order valence-electron chi connectivity index (χ3n) is 4.49. The van der Waals surface area contributed by atoms with Gasteiger partial charge in [-0.05, 0) is 50.1 Å². The molecule has 7 nitrogen and oxygen atoms in total. The van der Waals surface area contributed by atoms with Gasteiger partial charge in [-0.25, -0.2) is 9.18 Å². The number of ether oxygens (including phenoxy) is 2. The molecule has 2 rings (SSSR count). The molecule has 31 heavy (non-hydrogen) atoms. The minimum absolute atomic E-state index is 0.0275. The zero-order chi connectivity index (χ0) is 23.1. The first-order valence-corrected chi connectivity index (χ1v) is 9.68. The maximum Gasteiger partial charge on any atom is 0.333 e. The summed E-state index contributed by atoms with van der Waals surface area (Å²) in [5, 5.41) is 21.5. The number of benzene rings is 2. The van der Waals surface area contributed by atoms with E-state index in [1.165, 1.54) is 25.3 Å². The molecule has 0 fully saturated rings. The predicted octanol–water partition coefficient (Wildman–Crippen LogP) is 3.37. The molecule has 0 bridgehead atoms. The molecule has 0 spiro atoms. The van der Waals surface area contributed by atoms with Gasteiger partial charge in [-0.1, -0.05) is 12.1 Å². The summed E-state index contributed by atoms with van der Waals surface area (Å²) in [6, 6.07) is 9.49. The van der Waals surface area contributed by atoms with Crippen molar-refractivity contribution in [3.63, 3.8) is 0 Å². The van der Waals surface area contributed by atoms with Crippen LogP contribution in [-0.2, 0) is 22.5 Å². The molecule has 2 aromatic carbocycles. The van der Waals surface area contributed by atoms with Crippen LogP contribution in [0.1, 0.15) is 46.5 Å². The fourth-order valence-corrected chi connectivity index (χ4v) is 3.14. The first kappa shape index (κ1) is 23.8. The summed E-state index contributed by atoms with van der Waals surface area (Å²) >= 11 is 0. The van der Waals surface area contributed by atoms with Crippen molar-refractivity contribution in [1.82, 2.24) is 5.32 Å². The second-order valence-corrected chi connectivity index (χ2v) is 7.33.